The molecule has 0 aliphatic carbocycles. The van der Waals surface area contributed by atoms with Gasteiger partial charge in [-0.05, 0) is 48.7 Å². The van der Waals surface area contributed by atoms with Crippen molar-refractivity contribution in [3.05, 3.63) is 53.6 Å². The first kappa shape index (κ1) is 20.1. The summed E-state index contributed by atoms with van der Waals surface area (Å²) >= 11 is 0. The zero-order valence-corrected chi connectivity index (χ0v) is 16.9. The monoisotopic (exact) mass is 400 g/mol. The maximum atomic E-state index is 12.7. The summed E-state index contributed by atoms with van der Waals surface area (Å²) in [5, 5.41) is 2.75. The molecule has 0 unspecified atom stereocenters. The normalized spacial score (nSPS) is 13.3. The van der Waals surface area contributed by atoms with Crippen LogP contribution in [0.5, 0.6) is 0 Å². The minimum absolute atomic E-state index is 0.0298. The Kier molecular flexibility index (Phi) is 5.84. The van der Waals surface area contributed by atoms with Crippen LogP contribution < -0.4 is 10.2 Å². The second-order valence-corrected chi connectivity index (χ2v) is 8.98. The van der Waals surface area contributed by atoms with Gasteiger partial charge in [-0.25, -0.2) is 8.42 Å². The number of fused-ring (bicyclic) bond motifs is 1. The summed E-state index contributed by atoms with van der Waals surface area (Å²) in [6.07, 6.45) is 0.932. The molecule has 1 heterocycles. The van der Waals surface area contributed by atoms with Crippen molar-refractivity contribution in [2.75, 3.05) is 22.5 Å². The van der Waals surface area contributed by atoms with Crippen LogP contribution in [0.4, 0.5) is 11.4 Å². The van der Waals surface area contributed by atoms with Crippen LogP contribution in [0.15, 0.2) is 47.4 Å². The van der Waals surface area contributed by atoms with Crippen LogP contribution in [0.1, 0.15) is 30.9 Å². The fourth-order valence-electron chi connectivity index (χ4n) is 3.29. The van der Waals surface area contributed by atoms with Gasteiger partial charge in [0.15, 0.2) is 9.84 Å². The van der Waals surface area contributed by atoms with Crippen LogP contribution in [-0.2, 0) is 25.8 Å². The standard InChI is InChI=1S/C21H24N2O4S/c1-3-21(25)23-12-10-16-14-17(8-9-19(16)23)28(26,27)13-11-20(24)22-18-7-5-4-6-15(18)2/h4-9,14H,3,10-13H2,1-2H3,(H,22,24). The van der Waals surface area contributed by atoms with Crippen LogP contribution in [0.2, 0.25) is 0 Å². The molecule has 28 heavy (non-hydrogen) atoms. The second kappa shape index (κ2) is 8.14. The predicted octanol–water partition coefficient (Wildman–Crippen LogP) is 3.10. The van der Waals surface area contributed by atoms with E-state index in [1.165, 1.54) is 6.07 Å². The molecule has 7 heteroatoms. The number of benzene rings is 2. The zero-order chi connectivity index (χ0) is 20.3. The van der Waals surface area contributed by atoms with E-state index in [0.29, 0.717) is 25.1 Å². The maximum Gasteiger partial charge on any atom is 0.226 e. The highest BCUT2D eigenvalue weighted by Crippen LogP contribution is 2.31. The van der Waals surface area contributed by atoms with Gasteiger partial charge < -0.3 is 10.2 Å². The van der Waals surface area contributed by atoms with Gasteiger partial charge in [0.2, 0.25) is 11.8 Å². The molecule has 148 valence electrons. The molecule has 1 N–H and O–H groups in total. The molecule has 2 amide bonds. The molecule has 2 aromatic carbocycles. The number of aryl methyl sites for hydroxylation is 1. The van der Waals surface area contributed by atoms with E-state index in [2.05, 4.69) is 5.32 Å². The minimum Gasteiger partial charge on any atom is -0.326 e. The molecule has 3 rings (SSSR count). The third-order valence-corrected chi connectivity index (χ3v) is 6.64. The number of sulfone groups is 1. The molecule has 0 aromatic heterocycles. The van der Waals surface area contributed by atoms with Gasteiger partial charge in [0.1, 0.15) is 0 Å². The third-order valence-electron chi connectivity index (χ3n) is 4.93. The summed E-state index contributed by atoms with van der Waals surface area (Å²) in [5.41, 5.74) is 3.24. The molecule has 1 aliphatic heterocycles. The molecule has 1 aliphatic rings. The number of amides is 2. The molecule has 0 atom stereocenters. The number of hydrogen-bond acceptors (Lipinski definition) is 4. The second-order valence-electron chi connectivity index (χ2n) is 6.87. The molecule has 0 bridgehead atoms. The van der Waals surface area contributed by atoms with E-state index in [4.69, 9.17) is 0 Å². The number of rotatable bonds is 6. The van der Waals surface area contributed by atoms with E-state index in [1.807, 2.05) is 25.1 Å². The van der Waals surface area contributed by atoms with Crippen LogP contribution in [-0.4, -0.2) is 32.5 Å². The van der Waals surface area contributed by atoms with Gasteiger partial charge in [-0.15, -0.1) is 0 Å². The molecular weight excluding hydrogens is 376 g/mol. The van der Waals surface area contributed by atoms with E-state index < -0.39 is 9.84 Å². The van der Waals surface area contributed by atoms with Gasteiger partial charge >= 0.3 is 0 Å². The van der Waals surface area contributed by atoms with Crippen molar-refractivity contribution in [2.45, 2.75) is 38.0 Å². The minimum atomic E-state index is -3.59. The summed E-state index contributed by atoms with van der Waals surface area (Å²) < 4.78 is 25.3. The van der Waals surface area contributed by atoms with E-state index >= 15 is 0 Å². The van der Waals surface area contributed by atoms with Crippen molar-refractivity contribution < 1.29 is 18.0 Å². The lowest BCUT2D eigenvalue weighted by Crippen LogP contribution is -2.27. The predicted molar refractivity (Wildman–Crippen MR) is 109 cm³/mol. The summed E-state index contributed by atoms with van der Waals surface area (Å²) in [7, 11) is -3.59. The molecule has 0 saturated carbocycles. The first-order chi connectivity index (χ1) is 13.3. The highest BCUT2D eigenvalue weighted by molar-refractivity contribution is 7.91. The van der Waals surface area contributed by atoms with E-state index in [0.717, 1.165) is 16.8 Å². The zero-order valence-electron chi connectivity index (χ0n) is 16.1. The number of hydrogen-bond donors (Lipinski definition) is 1. The van der Waals surface area contributed by atoms with Gasteiger partial charge in [0.05, 0.1) is 10.6 Å². The number of anilines is 2. The topological polar surface area (TPSA) is 83.6 Å². The Balaban J connectivity index is 1.68. The molecule has 0 saturated heterocycles. The first-order valence-electron chi connectivity index (χ1n) is 9.33. The Bertz CT molecular complexity index is 1010. The fourth-order valence-corrected chi connectivity index (χ4v) is 4.58. The van der Waals surface area contributed by atoms with Gasteiger partial charge in [0.25, 0.3) is 0 Å². The summed E-state index contributed by atoms with van der Waals surface area (Å²) in [5.74, 6) is -0.567. The molecule has 0 spiro atoms. The molecular formula is C21H24N2O4S. The maximum absolute atomic E-state index is 12.7. The Labute approximate surface area is 165 Å². The largest absolute Gasteiger partial charge is 0.326 e. The van der Waals surface area contributed by atoms with Gasteiger partial charge in [-0.1, -0.05) is 25.1 Å². The SMILES string of the molecule is CCC(=O)N1CCc2cc(S(=O)(=O)CCC(=O)Nc3ccccc3C)ccc21. The van der Waals surface area contributed by atoms with E-state index in [-0.39, 0.29) is 28.9 Å². The van der Waals surface area contributed by atoms with Gasteiger partial charge in [-0.2, -0.15) is 0 Å². The highest BCUT2D eigenvalue weighted by atomic mass is 32.2. The van der Waals surface area contributed by atoms with Gasteiger partial charge in [-0.3, -0.25) is 9.59 Å². The Morgan fingerprint density at radius 2 is 1.89 bits per heavy atom. The number of para-hydroxylation sites is 1. The average molecular weight is 401 g/mol. The van der Waals surface area contributed by atoms with Crippen molar-refractivity contribution in [3.8, 4) is 0 Å². The Morgan fingerprint density at radius 1 is 1.14 bits per heavy atom. The lowest BCUT2D eigenvalue weighted by atomic mass is 10.2. The van der Waals surface area contributed by atoms with E-state index in [9.17, 15) is 18.0 Å². The quantitative estimate of drug-likeness (QED) is 0.808. The van der Waals surface area contributed by atoms with Crippen molar-refractivity contribution in [1.29, 1.82) is 0 Å². The van der Waals surface area contributed by atoms with Crippen molar-refractivity contribution in [3.63, 3.8) is 0 Å². The summed E-state index contributed by atoms with van der Waals surface area (Å²) in [6.45, 7) is 4.26. The van der Waals surface area contributed by atoms with Crippen LogP contribution in [0, 0.1) is 6.92 Å². The van der Waals surface area contributed by atoms with Crippen molar-refractivity contribution in [1.82, 2.24) is 0 Å². The number of nitrogens with one attached hydrogen (secondary N) is 1. The molecule has 0 fully saturated rings. The smallest absolute Gasteiger partial charge is 0.226 e. The molecule has 2 aromatic rings. The summed E-state index contributed by atoms with van der Waals surface area (Å²) in [4.78, 5) is 26.0. The Morgan fingerprint density at radius 3 is 2.61 bits per heavy atom. The number of nitrogens with zero attached hydrogens (tertiary/aromatic N) is 1. The van der Waals surface area contributed by atoms with Gasteiger partial charge in [0, 0.05) is 30.8 Å². The lowest BCUT2D eigenvalue weighted by Gasteiger charge is -2.16. The number of carbonyl (C=O) groups excluding carboxylic acids is 2. The van der Waals surface area contributed by atoms with Crippen molar-refractivity contribution in [2.24, 2.45) is 0 Å². The lowest BCUT2D eigenvalue weighted by molar-refractivity contribution is -0.118. The third kappa shape index (κ3) is 4.25. The van der Waals surface area contributed by atoms with E-state index in [1.54, 1.807) is 30.0 Å². The molecule has 6 nitrogen and oxygen atoms in total. The van der Waals surface area contributed by atoms with Crippen molar-refractivity contribution >= 4 is 33.0 Å². The average Bonchev–Trinajstić information content (AvgIpc) is 3.11. The van der Waals surface area contributed by atoms with Crippen LogP contribution >= 0.6 is 0 Å². The fraction of sp³-hybridized carbons (Fsp3) is 0.333. The Hall–Kier alpha value is -2.67. The first-order valence-corrected chi connectivity index (χ1v) is 11.0. The summed E-state index contributed by atoms with van der Waals surface area (Å²) in [6, 6.07) is 12.2. The van der Waals surface area contributed by atoms with Crippen LogP contribution in [0.25, 0.3) is 0 Å². The van der Waals surface area contributed by atoms with Crippen LogP contribution in [0.3, 0.4) is 0 Å². The molecule has 0 radical (unpaired) electrons. The number of carbonyl (C=O) groups is 2. The highest BCUT2D eigenvalue weighted by Gasteiger charge is 2.26.